The lowest BCUT2D eigenvalue weighted by molar-refractivity contribution is -0.153. The topological polar surface area (TPSA) is 67.9 Å². The molecular formula is C20H24N2O4S. The molecule has 1 amide bonds. The largest absolute Gasteiger partial charge is 0.453 e. The molecule has 6 nitrogen and oxygen atoms in total. The molecule has 7 heteroatoms. The first kappa shape index (κ1) is 19.4. The summed E-state index contributed by atoms with van der Waals surface area (Å²) in [5.74, 6) is -0.704. The quantitative estimate of drug-likeness (QED) is 0.739. The van der Waals surface area contributed by atoms with Gasteiger partial charge in [-0.15, -0.1) is 0 Å². The molecule has 0 spiro atoms. The highest BCUT2D eigenvalue weighted by Gasteiger charge is 2.18. The summed E-state index contributed by atoms with van der Waals surface area (Å²) in [5.41, 5.74) is 2.89. The van der Waals surface area contributed by atoms with E-state index in [1.54, 1.807) is 18.3 Å². The van der Waals surface area contributed by atoms with E-state index in [-0.39, 0.29) is 18.3 Å². The van der Waals surface area contributed by atoms with Crippen molar-refractivity contribution in [1.82, 2.24) is 0 Å². The minimum Gasteiger partial charge on any atom is -0.453 e. The third-order valence-corrected chi connectivity index (χ3v) is 5.12. The second kappa shape index (κ2) is 9.53. The van der Waals surface area contributed by atoms with Crippen LogP contribution < -0.4 is 10.2 Å². The van der Waals surface area contributed by atoms with Crippen LogP contribution in [0.2, 0.25) is 0 Å². The molecule has 2 heterocycles. The molecule has 0 radical (unpaired) electrons. The smallest absolute Gasteiger partial charge is 0.306 e. The predicted octanol–water partition coefficient (Wildman–Crippen LogP) is 3.09. The average molecular weight is 388 g/mol. The molecule has 27 heavy (non-hydrogen) atoms. The number of rotatable bonds is 7. The number of benzene rings is 1. The van der Waals surface area contributed by atoms with Crippen molar-refractivity contribution < 1.29 is 19.1 Å². The Morgan fingerprint density at radius 2 is 1.96 bits per heavy atom. The van der Waals surface area contributed by atoms with Crippen LogP contribution in [0.4, 0.5) is 11.4 Å². The Kier molecular flexibility index (Phi) is 6.84. The Labute approximate surface area is 163 Å². The molecule has 3 rings (SSSR count). The lowest BCUT2D eigenvalue weighted by Crippen LogP contribution is -2.36. The molecule has 1 aromatic heterocycles. The Morgan fingerprint density at radius 1 is 1.22 bits per heavy atom. The van der Waals surface area contributed by atoms with E-state index in [1.807, 2.05) is 41.1 Å². The van der Waals surface area contributed by atoms with Gasteiger partial charge in [-0.3, -0.25) is 9.59 Å². The molecule has 0 unspecified atom stereocenters. The first-order valence-corrected chi connectivity index (χ1v) is 10.0. The molecule has 1 fully saturated rings. The van der Waals surface area contributed by atoms with Crippen molar-refractivity contribution in [2.75, 3.05) is 36.5 Å². The molecule has 1 aliphatic rings. The van der Waals surface area contributed by atoms with Crippen LogP contribution >= 0.6 is 11.3 Å². The van der Waals surface area contributed by atoms with E-state index in [0.29, 0.717) is 12.1 Å². The highest BCUT2D eigenvalue weighted by atomic mass is 32.1. The molecular weight excluding hydrogens is 364 g/mol. The van der Waals surface area contributed by atoms with Gasteiger partial charge >= 0.3 is 5.97 Å². The Morgan fingerprint density at radius 3 is 2.63 bits per heavy atom. The van der Waals surface area contributed by atoms with Gasteiger partial charge in [0, 0.05) is 30.9 Å². The van der Waals surface area contributed by atoms with Gasteiger partial charge < -0.3 is 19.7 Å². The zero-order valence-corrected chi connectivity index (χ0v) is 16.2. The van der Waals surface area contributed by atoms with Gasteiger partial charge in [-0.1, -0.05) is 0 Å². The van der Waals surface area contributed by atoms with Gasteiger partial charge in [0.15, 0.2) is 6.10 Å². The number of hydrogen-bond donors (Lipinski definition) is 1. The second-order valence-corrected chi connectivity index (χ2v) is 7.18. The van der Waals surface area contributed by atoms with E-state index in [4.69, 9.17) is 9.47 Å². The van der Waals surface area contributed by atoms with Gasteiger partial charge in [0.2, 0.25) is 0 Å². The highest BCUT2D eigenvalue weighted by molar-refractivity contribution is 7.07. The van der Waals surface area contributed by atoms with Gasteiger partial charge in [-0.05, 0) is 60.0 Å². The Balaban J connectivity index is 1.45. The van der Waals surface area contributed by atoms with Crippen LogP contribution in [0.15, 0.2) is 41.1 Å². The minimum atomic E-state index is -0.834. The van der Waals surface area contributed by atoms with Gasteiger partial charge in [-0.2, -0.15) is 11.3 Å². The van der Waals surface area contributed by atoms with E-state index in [1.165, 1.54) is 0 Å². The van der Waals surface area contributed by atoms with E-state index in [2.05, 4.69) is 10.2 Å². The zero-order valence-electron chi connectivity index (χ0n) is 15.3. The molecule has 2 aromatic rings. The number of hydrogen-bond acceptors (Lipinski definition) is 6. The number of anilines is 2. The van der Waals surface area contributed by atoms with Gasteiger partial charge in [0.1, 0.15) is 0 Å². The fourth-order valence-corrected chi connectivity index (χ4v) is 3.52. The van der Waals surface area contributed by atoms with Crippen LogP contribution in [0.5, 0.6) is 0 Å². The maximum Gasteiger partial charge on any atom is 0.306 e. The number of esters is 1. The zero-order chi connectivity index (χ0) is 19.1. The maximum atomic E-state index is 12.3. The van der Waals surface area contributed by atoms with Crippen molar-refractivity contribution in [1.29, 1.82) is 0 Å². The molecule has 0 saturated carbocycles. The fraction of sp³-hybridized carbons (Fsp3) is 0.400. The lowest BCUT2D eigenvalue weighted by Gasteiger charge is -2.28. The number of carbonyl (C=O) groups excluding carboxylic acids is 2. The predicted molar refractivity (Wildman–Crippen MR) is 106 cm³/mol. The van der Waals surface area contributed by atoms with Crippen LogP contribution in [0.3, 0.4) is 0 Å². The summed E-state index contributed by atoms with van der Waals surface area (Å²) >= 11 is 1.60. The van der Waals surface area contributed by atoms with Crippen molar-refractivity contribution in [3.63, 3.8) is 0 Å². The van der Waals surface area contributed by atoms with Crippen molar-refractivity contribution in [3.05, 3.63) is 46.7 Å². The van der Waals surface area contributed by atoms with Crippen LogP contribution in [-0.2, 0) is 25.5 Å². The average Bonchev–Trinajstić information content (AvgIpc) is 3.21. The van der Waals surface area contributed by atoms with Crippen LogP contribution in [-0.4, -0.2) is 44.3 Å². The number of aryl methyl sites for hydroxylation is 1. The normalized spacial score (nSPS) is 15.2. The lowest BCUT2D eigenvalue weighted by atomic mass is 10.2. The first-order valence-electron chi connectivity index (χ1n) is 9.06. The number of ether oxygens (including phenoxy) is 2. The third kappa shape index (κ3) is 5.80. The van der Waals surface area contributed by atoms with Gasteiger partial charge in [0.25, 0.3) is 5.91 Å². The van der Waals surface area contributed by atoms with E-state index < -0.39 is 6.10 Å². The van der Waals surface area contributed by atoms with E-state index in [9.17, 15) is 9.59 Å². The van der Waals surface area contributed by atoms with Crippen molar-refractivity contribution in [3.8, 4) is 0 Å². The van der Waals surface area contributed by atoms with Crippen molar-refractivity contribution >= 4 is 34.6 Å². The summed E-state index contributed by atoms with van der Waals surface area (Å²) in [6.45, 7) is 4.77. The SMILES string of the molecule is C[C@@H](OC(=O)CCc1ccsc1)C(=O)Nc1ccc(N2CCOCC2)cc1. The number of morpholine rings is 1. The molecule has 1 atom stereocenters. The fourth-order valence-electron chi connectivity index (χ4n) is 2.81. The summed E-state index contributed by atoms with van der Waals surface area (Å²) in [4.78, 5) is 26.4. The number of nitrogens with one attached hydrogen (secondary N) is 1. The van der Waals surface area contributed by atoms with Crippen molar-refractivity contribution in [2.45, 2.75) is 25.9 Å². The molecule has 0 bridgehead atoms. The molecule has 1 aromatic carbocycles. The van der Waals surface area contributed by atoms with Crippen LogP contribution in [0.25, 0.3) is 0 Å². The second-order valence-electron chi connectivity index (χ2n) is 6.40. The number of nitrogens with zero attached hydrogens (tertiary/aromatic N) is 1. The monoisotopic (exact) mass is 388 g/mol. The third-order valence-electron chi connectivity index (χ3n) is 4.39. The van der Waals surface area contributed by atoms with Crippen molar-refractivity contribution in [2.24, 2.45) is 0 Å². The highest BCUT2D eigenvalue weighted by Crippen LogP contribution is 2.19. The number of carbonyl (C=O) groups is 2. The maximum absolute atomic E-state index is 12.3. The molecule has 1 N–H and O–H groups in total. The molecule has 144 valence electrons. The summed E-state index contributed by atoms with van der Waals surface area (Å²) in [6.07, 6.45) is 0.0568. The summed E-state index contributed by atoms with van der Waals surface area (Å²) < 4.78 is 10.6. The van der Waals surface area contributed by atoms with Crippen LogP contribution in [0.1, 0.15) is 18.9 Å². The van der Waals surface area contributed by atoms with E-state index in [0.717, 1.165) is 37.6 Å². The standard InChI is InChI=1S/C20H24N2O4S/c1-15(26-19(23)7-2-16-8-13-27-14-16)20(24)21-17-3-5-18(6-4-17)22-9-11-25-12-10-22/h3-6,8,13-15H,2,7,9-12H2,1H3,(H,21,24)/t15-/m1/s1. The summed E-state index contributed by atoms with van der Waals surface area (Å²) in [6, 6.07) is 9.63. The number of thiophene rings is 1. The van der Waals surface area contributed by atoms with E-state index >= 15 is 0 Å². The molecule has 1 aliphatic heterocycles. The Hall–Kier alpha value is -2.38. The minimum absolute atomic E-state index is 0.266. The Bertz CT molecular complexity index is 740. The summed E-state index contributed by atoms with van der Waals surface area (Å²) in [7, 11) is 0. The first-order chi connectivity index (χ1) is 13.1. The van der Waals surface area contributed by atoms with Crippen LogP contribution in [0, 0.1) is 0 Å². The van der Waals surface area contributed by atoms with Gasteiger partial charge in [-0.25, -0.2) is 0 Å². The van der Waals surface area contributed by atoms with Gasteiger partial charge in [0.05, 0.1) is 13.2 Å². The number of amides is 1. The molecule has 1 saturated heterocycles. The summed E-state index contributed by atoms with van der Waals surface area (Å²) in [5, 5.41) is 6.77. The molecule has 0 aliphatic carbocycles.